The maximum Gasteiger partial charge on any atom is 0.573 e. The Hall–Kier alpha value is -2.49. The lowest BCUT2D eigenvalue weighted by molar-refractivity contribution is -0.274. The van der Waals surface area contributed by atoms with E-state index < -0.39 is 30.6 Å². The Labute approximate surface area is 130 Å². The van der Waals surface area contributed by atoms with Crippen LogP contribution in [0, 0.1) is 0 Å². The topological polar surface area (TPSA) is 88.7 Å². The van der Waals surface area contributed by atoms with Crippen molar-refractivity contribution in [3.8, 4) is 5.75 Å². The van der Waals surface area contributed by atoms with Crippen LogP contribution < -0.4 is 20.7 Å². The Morgan fingerprint density at radius 3 is 2.57 bits per heavy atom. The number of imide groups is 1. The van der Waals surface area contributed by atoms with Gasteiger partial charge in [-0.15, -0.1) is 13.2 Å². The first-order valence-electron chi connectivity index (χ1n) is 6.47. The quantitative estimate of drug-likeness (QED) is 0.657. The number of carbonyl (C=O) groups is 2. The van der Waals surface area contributed by atoms with Crippen molar-refractivity contribution in [2.24, 2.45) is 0 Å². The number of nitrogens with one attached hydrogen (secondary N) is 3. The van der Waals surface area contributed by atoms with Gasteiger partial charge in [-0.1, -0.05) is 12.1 Å². The number of halogens is 3. The zero-order valence-electron chi connectivity index (χ0n) is 12.2. The zero-order chi connectivity index (χ0) is 17.3. The van der Waals surface area contributed by atoms with E-state index in [0.717, 1.165) is 6.07 Å². The minimum Gasteiger partial charge on any atom is -0.404 e. The molecule has 3 amide bonds. The van der Waals surface area contributed by atoms with Gasteiger partial charge in [0.15, 0.2) is 5.75 Å². The first-order valence-corrected chi connectivity index (χ1v) is 6.47. The molecular weight excluding hydrogens is 319 g/mol. The number of ether oxygens (including phenoxy) is 2. The standard InChI is InChI=1S/C13H16F3N3O4/c1-22-7-6-17-12(21)19-11(20)8-18-9-4-2-3-5-10(9)23-13(14,15)16/h2-5,18H,6-8H2,1H3,(H2,17,19,20,21). The van der Waals surface area contributed by atoms with Crippen LogP contribution in [0.1, 0.15) is 0 Å². The molecule has 0 atom stereocenters. The van der Waals surface area contributed by atoms with E-state index >= 15 is 0 Å². The lowest BCUT2D eigenvalue weighted by Crippen LogP contribution is -2.43. The Morgan fingerprint density at radius 1 is 1.22 bits per heavy atom. The molecule has 1 aromatic carbocycles. The summed E-state index contributed by atoms with van der Waals surface area (Å²) in [5, 5.41) is 6.83. The molecule has 0 unspecified atom stereocenters. The average Bonchev–Trinajstić information content (AvgIpc) is 2.45. The highest BCUT2D eigenvalue weighted by Gasteiger charge is 2.32. The average molecular weight is 335 g/mol. The van der Waals surface area contributed by atoms with Crippen molar-refractivity contribution in [2.45, 2.75) is 6.36 Å². The summed E-state index contributed by atoms with van der Waals surface area (Å²) in [7, 11) is 1.45. The Bertz CT molecular complexity index is 537. The minimum absolute atomic E-state index is 0.0280. The molecule has 0 aliphatic carbocycles. The number of amides is 3. The molecule has 3 N–H and O–H groups in total. The van der Waals surface area contributed by atoms with Crippen LogP contribution >= 0.6 is 0 Å². The van der Waals surface area contributed by atoms with Crippen LogP contribution in [0.5, 0.6) is 5.75 Å². The van der Waals surface area contributed by atoms with Crippen LogP contribution in [0.15, 0.2) is 24.3 Å². The highest BCUT2D eigenvalue weighted by molar-refractivity contribution is 5.96. The Morgan fingerprint density at radius 2 is 1.91 bits per heavy atom. The molecule has 7 nitrogen and oxygen atoms in total. The highest BCUT2D eigenvalue weighted by Crippen LogP contribution is 2.29. The summed E-state index contributed by atoms with van der Waals surface area (Å²) in [5.41, 5.74) is -0.0280. The molecule has 0 saturated heterocycles. The molecule has 0 heterocycles. The molecule has 0 spiro atoms. The van der Waals surface area contributed by atoms with Crippen molar-refractivity contribution in [3.63, 3.8) is 0 Å². The molecule has 0 radical (unpaired) electrons. The largest absolute Gasteiger partial charge is 0.573 e. The van der Waals surface area contributed by atoms with Gasteiger partial charge >= 0.3 is 12.4 Å². The second-order valence-corrected chi connectivity index (χ2v) is 4.19. The molecule has 23 heavy (non-hydrogen) atoms. The van der Waals surface area contributed by atoms with Gasteiger partial charge in [-0.25, -0.2) is 4.79 Å². The molecule has 0 bridgehead atoms. The summed E-state index contributed by atoms with van der Waals surface area (Å²) in [6.45, 7) is 0.0866. The van der Waals surface area contributed by atoms with E-state index in [0.29, 0.717) is 0 Å². The molecule has 1 aromatic rings. The van der Waals surface area contributed by atoms with E-state index in [1.54, 1.807) is 0 Å². The number of para-hydroxylation sites is 2. The third-order valence-electron chi connectivity index (χ3n) is 2.40. The normalized spacial score (nSPS) is 10.8. The maximum atomic E-state index is 12.2. The van der Waals surface area contributed by atoms with Crippen molar-refractivity contribution in [3.05, 3.63) is 24.3 Å². The van der Waals surface area contributed by atoms with Crippen LogP contribution in [0.4, 0.5) is 23.7 Å². The van der Waals surface area contributed by atoms with Gasteiger partial charge in [-0.05, 0) is 12.1 Å². The van der Waals surface area contributed by atoms with Gasteiger partial charge < -0.3 is 20.1 Å². The summed E-state index contributed by atoms with van der Waals surface area (Å²) < 4.78 is 45.3. The van der Waals surface area contributed by atoms with Crippen molar-refractivity contribution in [1.29, 1.82) is 0 Å². The van der Waals surface area contributed by atoms with E-state index in [-0.39, 0.29) is 18.8 Å². The van der Waals surface area contributed by atoms with Crippen molar-refractivity contribution >= 4 is 17.6 Å². The summed E-state index contributed by atoms with van der Waals surface area (Å²) in [6.07, 6.45) is -4.85. The van der Waals surface area contributed by atoms with E-state index in [2.05, 4.69) is 15.4 Å². The van der Waals surface area contributed by atoms with Crippen LogP contribution in [0.3, 0.4) is 0 Å². The van der Waals surface area contributed by atoms with Crippen molar-refractivity contribution in [1.82, 2.24) is 10.6 Å². The van der Waals surface area contributed by atoms with Gasteiger partial charge in [0.25, 0.3) is 0 Å². The minimum atomic E-state index is -4.85. The van der Waals surface area contributed by atoms with Crippen molar-refractivity contribution < 1.29 is 32.2 Å². The fraction of sp³-hybridized carbons (Fsp3) is 0.385. The summed E-state index contributed by atoms with van der Waals surface area (Å²) in [6, 6.07) is 4.52. The molecule has 0 aromatic heterocycles. The summed E-state index contributed by atoms with van der Waals surface area (Å²) in [4.78, 5) is 22.8. The molecular formula is C13H16F3N3O4. The van der Waals surface area contributed by atoms with E-state index in [9.17, 15) is 22.8 Å². The number of alkyl halides is 3. The predicted octanol–water partition coefficient (Wildman–Crippen LogP) is 1.47. The summed E-state index contributed by atoms with van der Waals surface area (Å²) >= 11 is 0. The second kappa shape index (κ2) is 8.83. The number of urea groups is 1. The Kier molecular flexibility index (Phi) is 7.13. The number of hydrogen-bond donors (Lipinski definition) is 3. The van der Waals surface area contributed by atoms with E-state index in [1.807, 2.05) is 5.32 Å². The van der Waals surface area contributed by atoms with Gasteiger partial charge in [-0.3, -0.25) is 10.1 Å². The monoisotopic (exact) mass is 335 g/mol. The number of carbonyl (C=O) groups excluding carboxylic acids is 2. The molecule has 10 heteroatoms. The first-order chi connectivity index (χ1) is 10.8. The van der Waals surface area contributed by atoms with Crippen LogP contribution in [0.2, 0.25) is 0 Å². The number of rotatable bonds is 7. The zero-order valence-corrected chi connectivity index (χ0v) is 12.2. The second-order valence-electron chi connectivity index (χ2n) is 4.19. The molecule has 0 aliphatic rings. The molecule has 0 fully saturated rings. The van der Waals surface area contributed by atoms with Gasteiger partial charge in [-0.2, -0.15) is 0 Å². The fourth-order valence-corrected chi connectivity index (χ4v) is 1.48. The number of benzene rings is 1. The summed E-state index contributed by atoms with van der Waals surface area (Å²) in [5.74, 6) is -1.20. The van der Waals surface area contributed by atoms with Gasteiger partial charge in [0, 0.05) is 13.7 Å². The van der Waals surface area contributed by atoms with E-state index in [4.69, 9.17) is 4.74 Å². The highest BCUT2D eigenvalue weighted by atomic mass is 19.4. The SMILES string of the molecule is COCCNC(=O)NC(=O)CNc1ccccc1OC(F)(F)F. The Balaban J connectivity index is 2.48. The molecule has 1 rings (SSSR count). The first kappa shape index (κ1) is 18.6. The smallest absolute Gasteiger partial charge is 0.404 e. The lowest BCUT2D eigenvalue weighted by atomic mass is 10.3. The lowest BCUT2D eigenvalue weighted by Gasteiger charge is -2.14. The molecule has 0 saturated carbocycles. The third-order valence-corrected chi connectivity index (χ3v) is 2.40. The third kappa shape index (κ3) is 7.90. The number of methoxy groups -OCH3 is 1. The maximum absolute atomic E-state index is 12.2. The van der Waals surface area contributed by atoms with Crippen LogP contribution in [-0.2, 0) is 9.53 Å². The van der Waals surface area contributed by atoms with Crippen molar-refractivity contribution in [2.75, 3.05) is 32.1 Å². The van der Waals surface area contributed by atoms with Gasteiger partial charge in [0.2, 0.25) is 5.91 Å². The van der Waals surface area contributed by atoms with E-state index in [1.165, 1.54) is 25.3 Å². The van der Waals surface area contributed by atoms with Gasteiger partial charge in [0.1, 0.15) is 0 Å². The van der Waals surface area contributed by atoms with Crippen LogP contribution in [0.25, 0.3) is 0 Å². The molecule has 0 aliphatic heterocycles. The predicted molar refractivity (Wildman–Crippen MR) is 75.0 cm³/mol. The van der Waals surface area contributed by atoms with Gasteiger partial charge in [0.05, 0.1) is 18.8 Å². The number of hydrogen-bond acceptors (Lipinski definition) is 5. The fourth-order valence-electron chi connectivity index (χ4n) is 1.48. The van der Waals surface area contributed by atoms with Crippen LogP contribution in [-0.4, -0.2) is 45.1 Å². The molecule has 128 valence electrons. The number of anilines is 1.